The van der Waals surface area contributed by atoms with Gasteiger partial charge in [0.1, 0.15) is 0 Å². The Labute approximate surface area is 324 Å². The normalized spacial score (nSPS) is 12.0. The van der Waals surface area contributed by atoms with Crippen LogP contribution in [-0.4, -0.2) is 11.3 Å². The Morgan fingerprint density at radius 2 is 1.12 bits per heavy atom. The van der Waals surface area contributed by atoms with Crippen molar-refractivity contribution < 1.29 is 0 Å². The highest BCUT2D eigenvalue weighted by Crippen LogP contribution is 2.46. The zero-order valence-electron chi connectivity index (χ0n) is 30.7. The number of nitriles is 1. The first-order valence-corrected chi connectivity index (χ1v) is 19.0. The fourth-order valence-corrected chi connectivity index (χ4v) is 9.26. The molecule has 11 rings (SSSR count). The van der Waals surface area contributed by atoms with Crippen molar-refractivity contribution in [1.82, 2.24) is 4.57 Å². The molecule has 3 heteroatoms. The number of hydrogen-bond acceptors (Lipinski definition) is 2. The SMILES string of the molecule is C=Nc1c(/C=C\C)cccc1-c1ccc(-c2ccc3ccc4c(-c5cc6ccc7cc(C#N)cc8c7c6c(c5)n8-c5ccccc5)ccc5ccc2c3c54)cc1. The third kappa shape index (κ3) is 4.60. The van der Waals surface area contributed by atoms with Crippen LogP contribution in [0.4, 0.5) is 5.69 Å². The van der Waals surface area contributed by atoms with Gasteiger partial charge >= 0.3 is 0 Å². The number of rotatable bonds is 6. The van der Waals surface area contributed by atoms with Gasteiger partial charge in [-0.15, -0.1) is 0 Å². The molecule has 11 aromatic rings. The maximum Gasteiger partial charge on any atom is 0.0992 e. The van der Waals surface area contributed by atoms with E-state index in [0.29, 0.717) is 5.56 Å². The zero-order valence-corrected chi connectivity index (χ0v) is 30.7. The molecular formula is C53H33N3. The summed E-state index contributed by atoms with van der Waals surface area (Å²) < 4.78 is 2.33. The van der Waals surface area contributed by atoms with Crippen LogP contribution in [0.3, 0.4) is 0 Å². The monoisotopic (exact) mass is 711 g/mol. The van der Waals surface area contributed by atoms with Crippen LogP contribution in [0.2, 0.25) is 0 Å². The van der Waals surface area contributed by atoms with E-state index in [1.54, 1.807) is 0 Å². The largest absolute Gasteiger partial charge is 0.309 e. The van der Waals surface area contributed by atoms with Gasteiger partial charge in [-0.05, 0) is 121 Å². The molecule has 0 saturated carbocycles. The van der Waals surface area contributed by atoms with Crippen LogP contribution in [-0.2, 0) is 0 Å². The molecular weight excluding hydrogens is 679 g/mol. The quantitative estimate of drug-likeness (QED) is 0.125. The molecule has 0 bridgehead atoms. The van der Waals surface area contributed by atoms with Crippen molar-refractivity contribution in [3.8, 4) is 45.1 Å². The molecule has 0 aliphatic carbocycles. The molecule has 0 radical (unpaired) electrons. The Bertz CT molecular complexity index is 3430. The molecule has 0 atom stereocenters. The van der Waals surface area contributed by atoms with Gasteiger partial charge in [-0.3, -0.25) is 4.99 Å². The maximum atomic E-state index is 9.97. The summed E-state index contributed by atoms with van der Waals surface area (Å²) >= 11 is 0. The second-order valence-corrected chi connectivity index (χ2v) is 14.7. The molecule has 0 N–H and O–H groups in total. The topological polar surface area (TPSA) is 41.1 Å². The standard InChI is InChI=1S/C53H33N3/c1-3-8-37-9-7-12-44(53(37)55-2)34-15-13-33(14-16-34)42-23-19-35-22-26-46-43(24-20-36-21-25-45(42)49(35)50(36)46)40-29-39-18-17-38-27-32(31-54)28-47-51(38)52(39)48(30-40)56(47)41-10-5-4-6-11-41/h3-30H,2H2,1H3/b8-3-. The van der Waals surface area contributed by atoms with E-state index in [-0.39, 0.29) is 0 Å². The molecule has 10 aromatic carbocycles. The van der Waals surface area contributed by atoms with E-state index in [1.807, 2.05) is 31.2 Å². The Morgan fingerprint density at radius 1 is 0.536 bits per heavy atom. The molecule has 260 valence electrons. The summed E-state index contributed by atoms with van der Waals surface area (Å²) in [6.45, 7) is 5.90. The molecule has 0 aliphatic heterocycles. The molecule has 1 heterocycles. The molecule has 0 saturated heterocycles. The van der Waals surface area contributed by atoms with Crippen LogP contribution in [0.25, 0.3) is 110 Å². The van der Waals surface area contributed by atoms with Gasteiger partial charge in [0.25, 0.3) is 0 Å². The van der Waals surface area contributed by atoms with Gasteiger partial charge in [-0.2, -0.15) is 5.26 Å². The third-order valence-corrected chi connectivity index (χ3v) is 11.7. The number of benzene rings is 10. The zero-order chi connectivity index (χ0) is 37.5. The summed E-state index contributed by atoms with van der Waals surface area (Å²) in [5.41, 5.74) is 12.8. The van der Waals surface area contributed by atoms with E-state index in [4.69, 9.17) is 0 Å². The lowest BCUT2D eigenvalue weighted by Gasteiger charge is -2.17. The van der Waals surface area contributed by atoms with Crippen molar-refractivity contribution in [3.63, 3.8) is 0 Å². The predicted octanol–water partition coefficient (Wildman–Crippen LogP) is 14.5. The molecule has 56 heavy (non-hydrogen) atoms. The number of allylic oxidation sites excluding steroid dienone is 1. The Balaban J connectivity index is 1.10. The van der Waals surface area contributed by atoms with Gasteiger partial charge in [-0.25, -0.2) is 0 Å². The van der Waals surface area contributed by atoms with Crippen LogP contribution in [0, 0.1) is 11.3 Å². The van der Waals surface area contributed by atoms with Crippen molar-refractivity contribution in [3.05, 3.63) is 175 Å². The van der Waals surface area contributed by atoms with Gasteiger partial charge < -0.3 is 4.57 Å². The number of hydrogen-bond donors (Lipinski definition) is 0. The lowest BCUT2D eigenvalue weighted by Crippen LogP contribution is -1.94. The van der Waals surface area contributed by atoms with E-state index >= 15 is 0 Å². The lowest BCUT2D eigenvalue weighted by molar-refractivity contribution is 1.18. The number of nitrogens with zero attached hydrogens (tertiary/aromatic N) is 3. The van der Waals surface area contributed by atoms with Gasteiger partial charge in [0, 0.05) is 27.6 Å². The van der Waals surface area contributed by atoms with E-state index in [1.165, 1.54) is 70.7 Å². The fourth-order valence-electron chi connectivity index (χ4n) is 9.26. The highest BCUT2D eigenvalue weighted by Gasteiger charge is 2.21. The van der Waals surface area contributed by atoms with Crippen molar-refractivity contribution in [2.24, 2.45) is 4.99 Å². The second-order valence-electron chi connectivity index (χ2n) is 14.7. The van der Waals surface area contributed by atoms with Crippen molar-refractivity contribution in [2.75, 3.05) is 0 Å². The molecule has 0 fully saturated rings. The number of para-hydroxylation sites is 2. The van der Waals surface area contributed by atoms with Gasteiger partial charge in [-0.1, -0.05) is 133 Å². The summed E-state index contributed by atoms with van der Waals surface area (Å²) in [5, 5.41) is 22.2. The minimum atomic E-state index is 0.664. The molecule has 0 spiro atoms. The van der Waals surface area contributed by atoms with E-state index < -0.39 is 0 Å². The summed E-state index contributed by atoms with van der Waals surface area (Å²) in [4.78, 5) is 4.41. The van der Waals surface area contributed by atoms with Crippen LogP contribution < -0.4 is 0 Å². The van der Waals surface area contributed by atoms with Crippen LogP contribution >= 0.6 is 0 Å². The summed E-state index contributed by atoms with van der Waals surface area (Å²) in [5.74, 6) is 0. The lowest BCUT2D eigenvalue weighted by atomic mass is 9.86. The van der Waals surface area contributed by atoms with Crippen LogP contribution in [0.15, 0.2) is 169 Å². The minimum absolute atomic E-state index is 0.664. The van der Waals surface area contributed by atoms with E-state index in [0.717, 1.165) is 44.5 Å². The summed E-state index contributed by atoms with van der Waals surface area (Å²) in [6.07, 6.45) is 4.11. The third-order valence-electron chi connectivity index (χ3n) is 11.7. The Morgan fingerprint density at radius 3 is 1.77 bits per heavy atom. The first-order chi connectivity index (χ1) is 27.6. The van der Waals surface area contributed by atoms with Gasteiger partial charge in [0.2, 0.25) is 0 Å². The predicted molar refractivity (Wildman–Crippen MR) is 238 cm³/mol. The second kappa shape index (κ2) is 12.2. The molecule has 3 nitrogen and oxygen atoms in total. The smallest absolute Gasteiger partial charge is 0.0992 e. The number of aromatic nitrogens is 1. The number of aliphatic imine (C=N–C) groups is 1. The average Bonchev–Trinajstić information content (AvgIpc) is 3.59. The van der Waals surface area contributed by atoms with E-state index in [2.05, 4.69) is 168 Å². The Hall–Kier alpha value is -7.54. The van der Waals surface area contributed by atoms with Crippen LogP contribution in [0.1, 0.15) is 18.1 Å². The van der Waals surface area contributed by atoms with Gasteiger partial charge in [0.05, 0.1) is 28.4 Å². The summed E-state index contributed by atoms with van der Waals surface area (Å²) in [6, 6.07) is 59.4. The first kappa shape index (κ1) is 31.9. The van der Waals surface area contributed by atoms with Crippen molar-refractivity contribution in [2.45, 2.75) is 6.92 Å². The van der Waals surface area contributed by atoms with Crippen LogP contribution in [0.5, 0.6) is 0 Å². The summed E-state index contributed by atoms with van der Waals surface area (Å²) in [7, 11) is 0. The van der Waals surface area contributed by atoms with Crippen molar-refractivity contribution in [1.29, 1.82) is 5.26 Å². The maximum absolute atomic E-state index is 9.97. The Kier molecular flexibility index (Phi) is 6.98. The van der Waals surface area contributed by atoms with E-state index in [9.17, 15) is 5.26 Å². The van der Waals surface area contributed by atoms with Gasteiger partial charge in [0.15, 0.2) is 0 Å². The highest BCUT2D eigenvalue weighted by molar-refractivity contribution is 6.29. The average molecular weight is 712 g/mol. The molecule has 0 unspecified atom stereocenters. The molecule has 1 aromatic heterocycles. The minimum Gasteiger partial charge on any atom is -0.309 e. The highest BCUT2D eigenvalue weighted by atomic mass is 15.0. The molecule has 0 aliphatic rings. The van der Waals surface area contributed by atoms with Crippen molar-refractivity contribution >= 4 is 83.4 Å². The molecule has 0 amide bonds. The first-order valence-electron chi connectivity index (χ1n) is 19.0. The fraction of sp³-hybridized carbons (Fsp3) is 0.0189.